The Kier molecular flexibility index (Phi) is 6.00. The summed E-state index contributed by atoms with van der Waals surface area (Å²) >= 11 is 0. The Hall–Kier alpha value is -2.71. The second-order valence-electron chi connectivity index (χ2n) is 4.91. The zero-order valence-electron chi connectivity index (χ0n) is 12.7. The van der Waals surface area contributed by atoms with Crippen molar-refractivity contribution >= 4 is 23.3 Å². The number of nitrogen functional groups attached to an aromatic ring is 1. The number of ether oxygens (including phenoxy) is 1. The van der Waals surface area contributed by atoms with Crippen LogP contribution >= 0.6 is 0 Å². The number of aromatic carboxylic acids is 1. The van der Waals surface area contributed by atoms with Crippen molar-refractivity contribution in [3.63, 3.8) is 0 Å². The van der Waals surface area contributed by atoms with E-state index in [0.29, 0.717) is 12.8 Å². The number of hydrogen-bond donors (Lipinski definition) is 2. The molecule has 0 heterocycles. The zero-order valence-corrected chi connectivity index (χ0v) is 12.7. The number of nitro benzene ring substituents is 1. The molecule has 1 aromatic rings. The van der Waals surface area contributed by atoms with Gasteiger partial charge in [-0.05, 0) is 13.3 Å². The molecule has 0 unspecified atom stereocenters. The van der Waals surface area contributed by atoms with Gasteiger partial charge in [-0.3, -0.25) is 10.1 Å². The van der Waals surface area contributed by atoms with Crippen LogP contribution in [0, 0.1) is 17.0 Å². The van der Waals surface area contributed by atoms with E-state index in [4.69, 9.17) is 15.6 Å². The van der Waals surface area contributed by atoms with Crippen molar-refractivity contribution in [2.24, 2.45) is 0 Å². The molecule has 1 atom stereocenters. The van der Waals surface area contributed by atoms with Crippen molar-refractivity contribution < 1.29 is 28.7 Å². The van der Waals surface area contributed by atoms with Gasteiger partial charge in [0.05, 0.1) is 16.2 Å². The molecule has 23 heavy (non-hydrogen) atoms. The van der Waals surface area contributed by atoms with Crippen LogP contribution in [0.25, 0.3) is 0 Å². The molecule has 0 aliphatic carbocycles. The van der Waals surface area contributed by atoms with Gasteiger partial charge in [0.2, 0.25) is 5.75 Å². The normalized spacial score (nSPS) is 11.8. The van der Waals surface area contributed by atoms with Crippen molar-refractivity contribution in [1.29, 1.82) is 0 Å². The highest BCUT2D eigenvalue weighted by atomic mass is 19.1. The van der Waals surface area contributed by atoms with Crippen molar-refractivity contribution in [1.82, 2.24) is 0 Å². The number of carbonyl (C=O) groups excluding carboxylic acids is 1. The van der Waals surface area contributed by atoms with Crippen LogP contribution < -0.4 is 10.5 Å². The minimum Gasteiger partial charge on any atom is -0.478 e. The summed E-state index contributed by atoms with van der Waals surface area (Å²) in [4.78, 5) is 33.0. The van der Waals surface area contributed by atoms with E-state index in [1.165, 1.54) is 6.92 Å². The third kappa shape index (κ3) is 4.15. The fourth-order valence-electron chi connectivity index (χ4n) is 2.06. The molecular formula is C14H17FN2O6. The summed E-state index contributed by atoms with van der Waals surface area (Å²) in [6.45, 7) is 2.98. The van der Waals surface area contributed by atoms with Gasteiger partial charge < -0.3 is 15.6 Å². The lowest BCUT2D eigenvalue weighted by Crippen LogP contribution is -2.22. The van der Waals surface area contributed by atoms with Crippen molar-refractivity contribution in [3.05, 3.63) is 27.3 Å². The average Bonchev–Trinajstić information content (AvgIpc) is 2.43. The fourth-order valence-corrected chi connectivity index (χ4v) is 2.06. The Morgan fingerprint density at radius 2 is 2.13 bits per heavy atom. The van der Waals surface area contributed by atoms with E-state index in [2.05, 4.69) is 0 Å². The summed E-state index contributed by atoms with van der Waals surface area (Å²) in [6.07, 6.45) is -0.856. The third-order valence-corrected chi connectivity index (χ3v) is 3.21. The van der Waals surface area contributed by atoms with E-state index in [9.17, 15) is 24.1 Å². The minimum absolute atomic E-state index is 0.0647. The van der Waals surface area contributed by atoms with Crippen LogP contribution in [0.4, 0.5) is 15.8 Å². The first kappa shape index (κ1) is 18.3. The molecule has 0 saturated carbocycles. The summed E-state index contributed by atoms with van der Waals surface area (Å²) in [5.41, 5.74) is 3.77. The predicted octanol–water partition coefficient (Wildman–Crippen LogP) is 2.62. The highest BCUT2D eigenvalue weighted by Crippen LogP contribution is 2.37. The number of nitrogens with zero attached hydrogens (tertiary/aromatic N) is 1. The molecular weight excluding hydrogens is 311 g/mol. The van der Waals surface area contributed by atoms with Crippen LogP contribution in [-0.2, 0) is 4.79 Å². The number of esters is 1. The predicted molar refractivity (Wildman–Crippen MR) is 79.3 cm³/mol. The Labute approximate surface area is 131 Å². The number of halogens is 1. The average molecular weight is 328 g/mol. The topological polar surface area (TPSA) is 133 Å². The largest absolute Gasteiger partial charge is 0.478 e. The molecule has 1 aromatic carbocycles. The smallest absolute Gasteiger partial charge is 0.346 e. The third-order valence-electron chi connectivity index (χ3n) is 3.21. The van der Waals surface area contributed by atoms with Crippen molar-refractivity contribution in [3.8, 4) is 5.75 Å². The van der Waals surface area contributed by atoms with E-state index in [1.54, 1.807) is 0 Å². The fraction of sp³-hybridized carbons (Fsp3) is 0.429. The van der Waals surface area contributed by atoms with Gasteiger partial charge in [0, 0.05) is 11.6 Å². The van der Waals surface area contributed by atoms with E-state index in [-0.39, 0.29) is 17.7 Å². The Morgan fingerprint density at radius 3 is 2.61 bits per heavy atom. The maximum atomic E-state index is 13.6. The molecule has 8 nitrogen and oxygen atoms in total. The number of anilines is 1. The van der Waals surface area contributed by atoms with Crippen molar-refractivity contribution in [2.45, 2.75) is 39.3 Å². The van der Waals surface area contributed by atoms with E-state index in [1.807, 2.05) is 6.92 Å². The van der Waals surface area contributed by atoms with E-state index < -0.39 is 40.0 Å². The molecule has 0 saturated heterocycles. The first-order valence-electron chi connectivity index (χ1n) is 6.87. The van der Waals surface area contributed by atoms with Gasteiger partial charge in [-0.25, -0.2) is 14.0 Å². The molecule has 0 fully saturated rings. The Balaban J connectivity index is 3.24. The summed E-state index contributed by atoms with van der Waals surface area (Å²) in [5.74, 6) is -3.30. The van der Waals surface area contributed by atoms with Gasteiger partial charge in [-0.2, -0.15) is 0 Å². The SMILES string of the molecule is CCCC[C@@H](F)C(=O)Oc1cc(N)c(C(=O)O)c(C)c1[N+](=O)[O-]. The number of rotatable bonds is 7. The maximum Gasteiger partial charge on any atom is 0.346 e. The van der Waals surface area contributed by atoms with Crippen LogP contribution in [0.3, 0.4) is 0 Å². The van der Waals surface area contributed by atoms with Gasteiger partial charge >= 0.3 is 17.6 Å². The number of carboxylic acids is 1. The quantitative estimate of drug-likeness (QED) is 0.258. The van der Waals surface area contributed by atoms with E-state index in [0.717, 1.165) is 6.07 Å². The molecule has 0 aromatic heterocycles. The minimum atomic E-state index is -1.92. The molecule has 0 amide bonds. The number of carboxylic acid groups (broad SMARTS) is 1. The first-order valence-corrected chi connectivity index (χ1v) is 6.87. The Bertz CT molecular complexity index is 647. The number of unbranched alkanes of at least 4 members (excludes halogenated alkanes) is 1. The maximum absolute atomic E-state index is 13.6. The lowest BCUT2D eigenvalue weighted by molar-refractivity contribution is -0.386. The van der Waals surface area contributed by atoms with Crippen molar-refractivity contribution in [2.75, 3.05) is 5.73 Å². The van der Waals surface area contributed by atoms with Gasteiger partial charge in [-0.1, -0.05) is 19.8 Å². The summed E-state index contributed by atoms with van der Waals surface area (Å²) in [5, 5.41) is 20.2. The highest BCUT2D eigenvalue weighted by molar-refractivity contribution is 5.97. The number of nitro groups is 1. The van der Waals surface area contributed by atoms with Gasteiger partial charge in [0.25, 0.3) is 0 Å². The van der Waals surface area contributed by atoms with Gasteiger partial charge in [0.1, 0.15) is 0 Å². The summed E-state index contributed by atoms with van der Waals surface area (Å²) in [6, 6.07) is 0.846. The molecule has 1 rings (SSSR count). The standard InChI is InChI=1S/C14H17FN2O6/c1-3-4-5-8(15)14(20)23-10-6-9(16)11(13(18)19)7(2)12(10)17(21)22/h6,8H,3-5,16H2,1-2H3,(H,18,19)/t8-/m1/s1. The Morgan fingerprint density at radius 1 is 1.52 bits per heavy atom. The molecule has 0 radical (unpaired) electrons. The van der Waals surface area contributed by atoms with Crippen LogP contribution in [0.1, 0.15) is 42.1 Å². The van der Waals surface area contributed by atoms with E-state index >= 15 is 0 Å². The van der Waals surface area contributed by atoms with Crippen LogP contribution in [0.5, 0.6) is 5.75 Å². The summed E-state index contributed by atoms with van der Waals surface area (Å²) in [7, 11) is 0. The number of benzene rings is 1. The molecule has 126 valence electrons. The zero-order chi connectivity index (χ0) is 17.7. The highest BCUT2D eigenvalue weighted by Gasteiger charge is 2.30. The molecule has 0 aliphatic rings. The molecule has 9 heteroatoms. The second-order valence-corrected chi connectivity index (χ2v) is 4.91. The number of hydrogen-bond acceptors (Lipinski definition) is 6. The van der Waals surface area contributed by atoms with Crippen LogP contribution in [0.2, 0.25) is 0 Å². The lowest BCUT2D eigenvalue weighted by Gasteiger charge is -2.12. The van der Waals surface area contributed by atoms with Gasteiger partial charge in [0.15, 0.2) is 6.17 Å². The van der Waals surface area contributed by atoms with Crippen LogP contribution in [-0.4, -0.2) is 28.1 Å². The monoisotopic (exact) mass is 328 g/mol. The molecule has 0 bridgehead atoms. The first-order chi connectivity index (χ1) is 10.7. The molecule has 0 aliphatic heterocycles. The summed E-state index contributed by atoms with van der Waals surface area (Å²) < 4.78 is 18.4. The lowest BCUT2D eigenvalue weighted by atomic mass is 10.0. The molecule has 0 spiro atoms. The number of carbonyl (C=O) groups is 2. The molecule has 3 N–H and O–H groups in total. The van der Waals surface area contributed by atoms with Gasteiger partial charge in [-0.15, -0.1) is 0 Å². The second kappa shape index (κ2) is 7.52. The van der Waals surface area contributed by atoms with Crippen LogP contribution in [0.15, 0.2) is 6.07 Å². The number of alkyl halides is 1. The number of nitrogens with two attached hydrogens (primary N) is 1.